The summed E-state index contributed by atoms with van der Waals surface area (Å²) in [5.74, 6) is 0.237. The molecule has 5 nitrogen and oxygen atoms in total. The topological polar surface area (TPSA) is 56.5 Å². The first kappa shape index (κ1) is 11.4. The lowest BCUT2D eigenvalue weighted by Crippen LogP contribution is -2.03. The Labute approximate surface area is 109 Å². The number of rotatable bonds is 2. The van der Waals surface area contributed by atoms with Crippen molar-refractivity contribution in [2.24, 2.45) is 0 Å². The van der Waals surface area contributed by atoms with E-state index in [0.717, 1.165) is 5.56 Å². The Kier molecular flexibility index (Phi) is 2.72. The molecule has 0 aliphatic rings. The van der Waals surface area contributed by atoms with Crippen molar-refractivity contribution < 1.29 is 9.53 Å². The molecule has 0 saturated heterocycles. The van der Waals surface area contributed by atoms with Crippen LogP contribution in [0.2, 0.25) is 0 Å². The number of pyridine rings is 1. The third-order valence-corrected chi connectivity index (χ3v) is 2.78. The van der Waals surface area contributed by atoms with Crippen LogP contribution in [0.25, 0.3) is 17.0 Å². The van der Waals surface area contributed by atoms with Crippen LogP contribution in [0.1, 0.15) is 10.4 Å². The molecule has 0 bridgehead atoms. The van der Waals surface area contributed by atoms with Crippen LogP contribution in [-0.4, -0.2) is 27.7 Å². The summed E-state index contributed by atoms with van der Waals surface area (Å²) in [4.78, 5) is 15.9. The van der Waals surface area contributed by atoms with Crippen molar-refractivity contribution in [1.82, 2.24) is 14.6 Å². The zero-order valence-corrected chi connectivity index (χ0v) is 10.3. The number of carbonyl (C=O) groups excluding carboxylic acids is 1. The zero-order valence-electron chi connectivity index (χ0n) is 10.3. The summed E-state index contributed by atoms with van der Waals surface area (Å²) < 4.78 is 6.25. The van der Waals surface area contributed by atoms with Crippen LogP contribution in [0.3, 0.4) is 0 Å². The summed E-state index contributed by atoms with van der Waals surface area (Å²) in [5.41, 5.74) is 2.07. The first-order valence-corrected chi connectivity index (χ1v) is 5.78. The number of benzene rings is 1. The van der Waals surface area contributed by atoms with Gasteiger partial charge in [0, 0.05) is 11.8 Å². The second kappa shape index (κ2) is 4.53. The van der Waals surface area contributed by atoms with Crippen molar-refractivity contribution >= 4 is 11.6 Å². The summed E-state index contributed by atoms with van der Waals surface area (Å²) in [6.45, 7) is 0. The third kappa shape index (κ3) is 2.06. The van der Waals surface area contributed by atoms with E-state index >= 15 is 0 Å². The van der Waals surface area contributed by atoms with E-state index in [1.165, 1.54) is 7.11 Å². The molecule has 0 spiro atoms. The van der Waals surface area contributed by atoms with Crippen LogP contribution in [0.5, 0.6) is 0 Å². The number of esters is 1. The molecule has 1 aromatic carbocycles. The smallest absolute Gasteiger partial charge is 0.339 e. The first-order chi connectivity index (χ1) is 9.28. The molecule has 0 radical (unpaired) electrons. The fourth-order valence-electron chi connectivity index (χ4n) is 1.83. The van der Waals surface area contributed by atoms with E-state index in [1.807, 2.05) is 30.3 Å². The Morgan fingerprint density at radius 1 is 1.16 bits per heavy atom. The SMILES string of the molecule is COC(=O)c1ccc2nc(-c3ccccc3)nn2c1. The maximum absolute atomic E-state index is 11.5. The lowest BCUT2D eigenvalue weighted by Gasteiger charge is -1.98. The Morgan fingerprint density at radius 3 is 2.68 bits per heavy atom. The van der Waals surface area contributed by atoms with Crippen molar-refractivity contribution in [2.75, 3.05) is 7.11 Å². The highest BCUT2D eigenvalue weighted by Crippen LogP contribution is 2.16. The lowest BCUT2D eigenvalue weighted by atomic mass is 10.2. The Morgan fingerprint density at radius 2 is 1.95 bits per heavy atom. The van der Waals surface area contributed by atoms with Crippen LogP contribution in [0, 0.1) is 0 Å². The molecule has 0 aliphatic heterocycles. The van der Waals surface area contributed by atoms with Crippen molar-refractivity contribution in [1.29, 1.82) is 0 Å². The average Bonchev–Trinajstić information content (AvgIpc) is 2.90. The number of methoxy groups -OCH3 is 1. The molecule has 0 N–H and O–H groups in total. The monoisotopic (exact) mass is 253 g/mol. The number of nitrogens with zero attached hydrogens (tertiary/aromatic N) is 3. The quantitative estimate of drug-likeness (QED) is 0.657. The molecular weight excluding hydrogens is 242 g/mol. The molecule has 0 unspecified atom stereocenters. The van der Waals surface area contributed by atoms with Gasteiger partial charge in [0.05, 0.1) is 12.7 Å². The van der Waals surface area contributed by atoms with E-state index in [1.54, 1.807) is 22.8 Å². The number of ether oxygens (including phenoxy) is 1. The van der Waals surface area contributed by atoms with E-state index in [9.17, 15) is 4.79 Å². The molecule has 3 aromatic rings. The summed E-state index contributed by atoms with van der Waals surface area (Å²) in [5, 5.41) is 4.36. The maximum atomic E-state index is 11.5. The lowest BCUT2D eigenvalue weighted by molar-refractivity contribution is 0.0600. The maximum Gasteiger partial charge on any atom is 0.339 e. The van der Waals surface area contributed by atoms with Gasteiger partial charge in [0.25, 0.3) is 0 Å². The van der Waals surface area contributed by atoms with Gasteiger partial charge in [-0.2, -0.15) is 0 Å². The largest absolute Gasteiger partial charge is 0.465 e. The Balaban J connectivity index is 2.09. The number of fused-ring (bicyclic) bond motifs is 1. The molecule has 0 aliphatic carbocycles. The van der Waals surface area contributed by atoms with Crippen molar-refractivity contribution in [3.63, 3.8) is 0 Å². The van der Waals surface area contributed by atoms with Gasteiger partial charge in [-0.25, -0.2) is 14.3 Å². The van der Waals surface area contributed by atoms with Crippen molar-refractivity contribution in [2.45, 2.75) is 0 Å². The molecule has 2 aromatic heterocycles. The van der Waals surface area contributed by atoms with Crippen LogP contribution in [0.4, 0.5) is 0 Å². The highest BCUT2D eigenvalue weighted by atomic mass is 16.5. The average molecular weight is 253 g/mol. The number of hydrogen-bond acceptors (Lipinski definition) is 4. The third-order valence-electron chi connectivity index (χ3n) is 2.78. The number of carbonyl (C=O) groups is 1. The van der Waals surface area contributed by atoms with Gasteiger partial charge in [0.1, 0.15) is 0 Å². The van der Waals surface area contributed by atoms with Gasteiger partial charge >= 0.3 is 5.97 Å². The zero-order chi connectivity index (χ0) is 13.2. The molecule has 0 fully saturated rings. The summed E-state index contributed by atoms with van der Waals surface area (Å²) >= 11 is 0. The molecule has 0 saturated carbocycles. The van der Waals surface area contributed by atoms with Gasteiger partial charge in [-0.3, -0.25) is 0 Å². The van der Waals surface area contributed by atoms with Crippen LogP contribution < -0.4 is 0 Å². The van der Waals surface area contributed by atoms with Gasteiger partial charge in [0.2, 0.25) is 0 Å². The minimum atomic E-state index is -0.390. The van der Waals surface area contributed by atoms with E-state index in [0.29, 0.717) is 17.0 Å². The summed E-state index contributed by atoms with van der Waals surface area (Å²) in [7, 11) is 1.35. The Bertz CT molecular complexity index is 735. The van der Waals surface area contributed by atoms with Gasteiger partial charge in [0.15, 0.2) is 11.5 Å². The fourth-order valence-corrected chi connectivity index (χ4v) is 1.83. The number of aromatic nitrogens is 3. The summed E-state index contributed by atoms with van der Waals surface area (Å²) in [6.07, 6.45) is 1.61. The van der Waals surface area contributed by atoms with Crippen LogP contribution in [0.15, 0.2) is 48.7 Å². The van der Waals surface area contributed by atoms with E-state index < -0.39 is 5.97 Å². The second-order valence-corrected chi connectivity index (χ2v) is 4.01. The highest BCUT2D eigenvalue weighted by Gasteiger charge is 2.09. The standard InChI is InChI=1S/C14H11N3O2/c1-19-14(18)11-7-8-12-15-13(16-17(12)9-11)10-5-3-2-4-6-10/h2-9H,1H3. The molecule has 3 rings (SSSR count). The molecular formula is C14H11N3O2. The highest BCUT2D eigenvalue weighted by molar-refractivity contribution is 5.89. The van der Waals surface area contributed by atoms with Crippen molar-refractivity contribution in [3.05, 3.63) is 54.2 Å². The molecule has 19 heavy (non-hydrogen) atoms. The minimum absolute atomic E-state index is 0.390. The molecule has 2 heterocycles. The first-order valence-electron chi connectivity index (χ1n) is 5.78. The summed E-state index contributed by atoms with van der Waals surface area (Å²) in [6, 6.07) is 13.1. The molecule has 5 heteroatoms. The number of hydrogen-bond donors (Lipinski definition) is 0. The molecule has 94 valence electrons. The van der Waals surface area contributed by atoms with Gasteiger partial charge in [-0.15, -0.1) is 5.10 Å². The van der Waals surface area contributed by atoms with Crippen LogP contribution in [-0.2, 0) is 4.74 Å². The van der Waals surface area contributed by atoms with E-state index in [-0.39, 0.29) is 0 Å². The van der Waals surface area contributed by atoms with Crippen LogP contribution >= 0.6 is 0 Å². The molecule has 0 amide bonds. The van der Waals surface area contributed by atoms with Gasteiger partial charge < -0.3 is 4.74 Å². The fraction of sp³-hybridized carbons (Fsp3) is 0.0714. The minimum Gasteiger partial charge on any atom is -0.465 e. The second-order valence-electron chi connectivity index (χ2n) is 4.01. The van der Waals surface area contributed by atoms with Crippen molar-refractivity contribution in [3.8, 4) is 11.4 Å². The Hall–Kier alpha value is -2.69. The van der Waals surface area contributed by atoms with Gasteiger partial charge in [-0.1, -0.05) is 30.3 Å². The molecule has 0 atom stereocenters. The van der Waals surface area contributed by atoms with Gasteiger partial charge in [-0.05, 0) is 12.1 Å². The normalized spacial score (nSPS) is 10.6. The van der Waals surface area contributed by atoms with E-state index in [2.05, 4.69) is 14.8 Å². The predicted molar refractivity (Wildman–Crippen MR) is 69.8 cm³/mol. The predicted octanol–water partition coefficient (Wildman–Crippen LogP) is 2.18. The van der Waals surface area contributed by atoms with E-state index in [4.69, 9.17) is 0 Å².